The van der Waals surface area contributed by atoms with Crippen molar-refractivity contribution in [2.45, 2.75) is 0 Å². The minimum absolute atomic E-state index is 1.15. The normalized spacial score (nSPS) is 11.9. The molecule has 0 bridgehead atoms. The van der Waals surface area contributed by atoms with Gasteiger partial charge in [-0.2, -0.15) is 0 Å². The lowest BCUT2D eigenvalue weighted by Crippen LogP contribution is -1.94. The summed E-state index contributed by atoms with van der Waals surface area (Å²) in [6.07, 6.45) is 0. The molecule has 4 nitrogen and oxygen atoms in total. The molecule has 504 valence electrons. The van der Waals surface area contributed by atoms with Gasteiger partial charge in [0.05, 0.1) is 44.1 Å². The fraction of sp³-hybridized carbons (Fsp3) is 0. The maximum atomic E-state index is 2.43. The highest BCUT2D eigenvalue weighted by atomic mass is 32.1. The van der Waals surface area contributed by atoms with Crippen LogP contribution in [0.15, 0.2) is 388 Å². The van der Waals surface area contributed by atoms with Crippen LogP contribution < -0.4 is 0 Å². The molecule has 0 aliphatic rings. The van der Waals surface area contributed by atoms with E-state index in [4.69, 9.17) is 0 Å². The van der Waals surface area contributed by atoms with Crippen LogP contribution in [0.4, 0.5) is 0 Å². The Balaban J connectivity index is 0.000000135. The maximum Gasteiger partial charge on any atom is 0.0547 e. The number of aromatic nitrogens is 4. The third kappa shape index (κ3) is 10.1. The SMILES string of the molecule is c1ccc(-c2ccc(-n3c4ccccc4c4cc(-c5ccc6c7ccccc7n(-c7ccc(-c8ccc9sc%10ccccc%10c9c8)cc7)c6c5)ccc43)cc2)cc1.c1ccc(-n2c3ccccc3c3cc(-c4ccc5c6ccccc6n(-c6ccc(-c7ccc8sc9ccccc9c8c7)cc6)c5c4)ccc32)cc1. The fourth-order valence-corrected chi connectivity index (χ4v) is 19.3. The molecule has 0 radical (unpaired) electrons. The number of fused-ring (bicyclic) bond motifs is 18. The van der Waals surface area contributed by atoms with E-state index in [1.54, 1.807) is 0 Å². The van der Waals surface area contributed by atoms with Gasteiger partial charge in [-0.3, -0.25) is 0 Å². The zero-order valence-electron chi connectivity index (χ0n) is 58.6. The molecule has 0 unspecified atom stereocenters. The Labute approximate surface area is 630 Å². The van der Waals surface area contributed by atoms with Crippen LogP contribution in [-0.2, 0) is 0 Å². The van der Waals surface area contributed by atoms with Crippen molar-refractivity contribution in [1.29, 1.82) is 0 Å². The van der Waals surface area contributed by atoms with Gasteiger partial charge in [0.25, 0.3) is 0 Å². The Hall–Kier alpha value is -13.6. The highest BCUT2D eigenvalue weighted by Gasteiger charge is 2.21. The number of hydrogen-bond donors (Lipinski definition) is 0. The lowest BCUT2D eigenvalue weighted by atomic mass is 10.0. The van der Waals surface area contributed by atoms with E-state index in [0.717, 1.165) is 17.1 Å². The van der Waals surface area contributed by atoms with Gasteiger partial charge in [-0.25, -0.2) is 0 Å². The van der Waals surface area contributed by atoms with Crippen LogP contribution in [0.3, 0.4) is 0 Å². The second-order valence-corrected chi connectivity index (χ2v) is 30.5. The van der Waals surface area contributed by atoms with Crippen molar-refractivity contribution in [3.63, 3.8) is 0 Å². The van der Waals surface area contributed by atoms with Crippen LogP contribution >= 0.6 is 22.7 Å². The molecule has 6 heterocycles. The number of benzene rings is 17. The minimum atomic E-state index is 1.15. The molecule has 6 heteroatoms. The first-order valence-electron chi connectivity index (χ1n) is 36.9. The summed E-state index contributed by atoms with van der Waals surface area (Å²) in [5.74, 6) is 0. The number of para-hydroxylation sites is 5. The Bertz CT molecular complexity index is 7510. The lowest BCUT2D eigenvalue weighted by molar-refractivity contribution is 1.18. The van der Waals surface area contributed by atoms with E-state index in [-0.39, 0.29) is 0 Å². The quantitative estimate of drug-likeness (QED) is 0.137. The fourth-order valence-electron chi connectivity index (χ4n) is 17.1. The van der Waals surface area contributed by atoms with E-state index in [0.29, 0.717) is 0 Å². The van der Waals surface area contributed by atoms with E-state index in [1.807, 2.05) is 22.7 Å². The molecule has 0 amide bonds. The number of hydrogen-bond acceptors (Lipinski definition) is 2. The van der Waals surface area contributed by atoms with E-state index >= 15 is 0 Å². The number of thiophene rings is 2. The first kappa shape index (κ1) is 61.8. The van der Waals surface area contributed by atoms with E-state index in [1.165, 1.54) is 189 Å². The molecular weight excluding hydrogens is 1350 g/mol. The third-order valence-corrected chi connectivity index (χ3v) is 24.6. The number of rotatable bonds is 9. The molecule has 0 N–H and O–H groups in total. The average Bonchev–Trinajstić information content (AvgIpc) is 1.59. The van der Waals surface area contributed by atoms with Crippen molar-refractivity contribution in [3.05, 3.63) is 388 Å². The standard InChI is InChI=1S/C54H34N2S.C48H30N2S/c1-2-10-35(11-3-1)36-18-25-41(26-19-36)55-50-16-8-5-13-44(50)47-32-39(23-30-51(47)55)40-22-29-45-43-12-4-7-15-49(43)56(52(45)34-40)42-27-20-37(21-28-42)38-24-31-54-48(33-38)46-14-6-9-17-53(46)57-54;1-2-10-35(11-3-1)49-44-16-8-5-13-38(44)41-28-33(21-26-45(41)49)34-20-25-39-37-12-4-7-15-43(37)50(46(39)30-34)36-23-18-31(19-24-36)32-22-27-48-42(29-32)40-14-6-9-17-47(40)51-48/h1-34H;1-30H. The van der Waals surface area contributed by atoms with Gasteiger partial charge in [-0.05, 0) is 201 Å². The van der Waals surface area contributed by atoms with Gasteiger partial charge in [0.1, 0.15) is 0 Å². The monoisotopic (exact) mass is 1410 g/mol. The molecule has 17 aromatic carbocycles. The van der Waals surface area contributed by atoms with Crippen molar-refractivity contribution < 1.29 is 0 Å². The molecule has 0 spiro atoms. The molecule has 108 heavy (non-hydrogen) atoms. The first-order chi connectivity index (χ1) is 53.5. The Kier molecular flexibility index (Phi) is 14.3. The lowest BCUT2D eigenvalue weighted by Gasteiger charge is -2.11. The molecule has 23 aromatic rings. The van der Waals surface area contributed by atoms with Crippen molar-refractivity contribution in [3.8, 4) is 78.4 Å². The van der Waals surface area contributed by atoms with Gasteiger partial charge in [0.15, 0.2) is 0 Å². The molecule has 0 saturated carbocycles. The summed E-state index contributed by atoms with van der Waals surface area (Å²) in [5.41, 5.74) is 26.5. The molecule has 0 aliphatic carbocycles. The third-order valence-electron chi connectivity index (χ3n) is 22.3. The molecule has 0 aliphatic heterocycles. The van der Waals surface area contributed by atoms with Crippen LogP contribution in [0, 0.1) is 0 Å². The summed E-state index contributed by atoms with van der Waals surface area (Å²) < 4.78 is 15.0. The van der Waals surface area contributed by atoms with Gasteiger partial charge < -0.3 is 18.3 Å². The van der Waals surface area contributed by atoms with Crippen molar-refractivity contribution in [2.24, 2.45) is 0 Å². The van der Waals surface area contributed by atoms with E-state index in [2.05, 4.69) is 407 Å². The highest BCUT2D eigenvalue weighted by Crippen LogP contribution is 2.44. The molecule has 23 rings (SSSR count). The summed E-state index contributed by atoms with van der Waals surface area (Å²) in [7, 11) is 0. The summed E-state index contributed by atoms with van der Waals surface area (Å²) in [6, 6.07) is 142. The zero-order chi connectivity index (χ0) is 70.9. The first-order valence-corrected chi connectivity index (χ1v) is 38.6. The van der Waals surface area contributed by atoms with Gasteiger partial charge in [0, 0.05) is 106 Å². The highest BCUT2D eigenvalue weighted by molar-refractivity contribution is 7.26. The minimum Gasteiger partial charge on any atom is -0.309 e. The second-order valence-electron chi connectivity index (χ2n) is 28.3. The van der Waals surface area contributed by atoms with Gasteiger partial charge in [-0.1, -0.05) is 243 Å². The molecule has 0 fully saturated rings. The average molecular weight is 1410 g/mol. The summed E-state index contributed by atoms with van der Waals surface area (Å²) in [5, 5.41) is 15.4. The summed E-state index contributed by atoms with van der Waals surface area (Å²) in [4.78, 5) is 0. The van der Waals surface area contributed by atoms with E-state index < -0.39 is 0 Å². The molecule has 6 aromatic heterocycles. The predicted octanol–water partition coefficient (Wildman–Crippen LogP) is 28.8. The maximum absolute atomic E-state index is 2.43. The van der Waals surface area contributed by atoms with Crippen LogP contribution in [0.25, 0.3) is 206 Å². The van der Waals surface area contributed by atoms with Crippen LogP contribution in [0.1, 0.15) is 0 Å². The topological polar surface area (TPSA) is 19.7 Å². The molecular formula is C102H64N4S2. The number of nitrogens with zero attached hydrogens (tertiary/aromatic N) is 4. The largest absolute Gasteiger partial charge is 0.309 e. The zero-order valence-corrected chi connectivity index (χ0v) is 60.2. The van der Waals surface area contributed by atoms with Crippen molar-refractivity contribution in [1.82, 2.24) is 18.3 Å². The predicted molar refractivity (Wildman–Crippen MR) is 463 cm³/mol. The Morgan fingerprint density at radius 2 is 0.370 bits per heavy atom. The van der Waals surface area contributed by atoms with Crippen LogP contribution in [0.5, 0.6) is 0 Å². The molecule has 0 atom stereocenters. The summed E-state index contributed by atoms with van der Waals surface area (Å²) >= 11 is 3.73. The summed E-state index contributed by atoms with van der Waals surface area (Å²) in [6.45, 7) is 0. The second kappa shape index (κ2) is 25.0. The van der Waals surface area contributed by atoms with Crippen LogP contribution in [-0.4, -0.2) is 18.3 Å². The van der Waals surface area contributed by atoms with Gasteiger partial charge >= 0.3 is 0 Å². The van der Waals surface area contributed by atoms with Crippen molar-refractivity contribution >= 4 is 150 Å². The molecule has 0 saturated heterocycles. The van der Waals surface area contributed by atoms with Crippen molar-refractivity contribution in [2.75, 3.05) is 0 Å². The Morgan fingerprint density at radius 1 is 0.130 bits per heavy atom. The van der Waals surface area contributed by atoms with Crippen LogP contribution in [0.2, 0.25) is 0 Å². The van der Waals surface area contributed by atoms with Gasteiger partial charge in [0.2, 0.25) is 0 Å². The van der Waals surface area contributed by atoms with Gasteiger partial charge in [-0.15, -0.1) is 22.7 Å². The Morgan fingerprint density at radius 3 is 0.787 bits per heavy atom. The van der Waals surface area contributed by atoms with E-state index in [9.17, 15) is 0 Å². The smallest absolute Gasteiger partial charge is 0.0547 e.